The molecule has 0 bridgehead atoms. The summed E-state index contributed by atoms with van der Waals surface area (Å²) in [4.78, 5) is 0. The Labute approximate surface area is 146 Å². The van der Waals surface area contributed by atoms with Crippen LogP contribution < -0.4 is 0 Å². The molecule has 0 radical (unpaired) electrons. The minimum Gasteiger partial charge on any atom is -0.372 e. The van der Waals surface area contributed by atoms with Gasteiger partial charge < -0.3 is 23.7 Å². The van der Waals surface area contributed by atoms with E-state index in [2.05, 4.69) is 34.6 Å². The third-order valence-corrected chi connectivity index (χ3v) is 6.22. The summed E-state index contributed by atoms with van der Waals surface area (Å²) in [5.41, 5.74) is 0. The van der Waals surface area contributed by atoms with Crippen molar-refractivity contribution >= 4 is 0 Å². The van der Waals surface area contributed by atoms with Gasteiger partial charge in [-0.3, -0.25) is 0 Å². The van der Waals surface area contributed by atoms with Crippen molar-refractivity contribution in [1.82, 2.24) is 0 Å². The van der Waals surface area contributed by atoms with E-state index in [1.807, 2.05) is 6.92 Å². The molecule has 3 aliphatic rings. The molecule has 0 saturated carbocycles. The molecule has 0 spiro atoms. The highest BCUT2D eigenvalue weighted by Crippen LogP contribution is 2.38. The number of fused-ring (bicyclic) bond motifs is 1. The van der Waals surface area contributed by atoms with Crippen LogP contribution in [0.3, 0.4) is 0 Å². The molecule has 5 heteroatoms. The highest BCUT2D eigenvalue weighted by atomic mass is 16.7. The van der Waals surface area contributed by atoms with Gasteiger partial charge in [-0.15, -0.1) is 0 Å². The van der Waals surface area contributed by atoms with E-state index in [1.54, 1.807) is 0 Å². The van der Waals surface area contributed by atoms with Gasteiger partial charge in [0.15, 0.2) is 12.6 Å². The molecule has 4 unspecified atom stereocenters. The first kappa shape index (κ1) is 18.6. The van der Waals surface area contributed by atoms with Crippen molar-refractivity contribution in [2.75, 3.05) is 6.61 Å². The smallest absolute Gasteiger partial charge is 0.159 e. The van der Waals surface area contributed by atoms with Gasteiger partial charge in [-0.05, 0) is 38.0 Å². The molecule has 0 amide bonds. The van der Waals surface area contributed by atoms with Crippen LogP contribution >= 0.6 is 0 Å². The standard InChI is InChI=1S/C19H34O5/c1-7-15-19(12(4)11(3)13(5)21-15)24-17-8-10(2)18-16(23-17)9-20-14(6)22-18/h10-19H,7-9H2,1-6H3/t10-,11-,12?,13+,14?,15?,16?,17+,18-,19-/m1/s1. The maximum atomic E-state index is 6.45. The topological polar surface area (TPSA) is 46.2 Å². The van der Waals surface area contributed by atoms with E-state index in [-0.39, 0.29) is 43.1 Å². The second-order valence-electron chi connectivity index (χ2n) is 7.93. The second-order valence-corrected chi connectivity index (χ2v) is 7.93. The van der Waals surface area contributed by atoms with Crippen molar-refractivity contribution in [3.63, 3.8) is 0 Å². The van der Waals surface area contributed by atoms with Crippen LogP contribution in [0.25, 0.3) is 0 Å². The number of ether oxygens (including phenoxy) is 5. The van der Waals surface area contributed by atoms with Crippen LogP contribution in [0.15, 0.2) is 0 Å². The highest BCUT2D eigenvalue weighted by molar-refractivity contribution is 4.89. The molecule has 3 rings (SSSR count). The summed E-state index contributed by atoms with van der Waals surface area (Å²) in [6, 6.07) is 0. The lowest BCUT2D eigenvalue weighted by Crippen LogP contribution is -2.56. The predicted octanol–water partition coefficient (Wildman–Crippen LogP) is 3.35. The van der Waals surface area contributed by atoms with Crippen LogP contribution in [0.4, 0.5) is 0 Å². The van der Waals surface area contributed by atoms with E-state index in [1.165, 1.54) is 0 Å². The molecule has 0 aliphatic carbocycles. The maximum absolute atomic E-state index is 6.45. The summed E-state index contributed by atoms with van der Waals surface area (Å²) in [5.74, 6) is 1.33. The lowest BCUT2D eigenvalue weighted by atomic mass is 9.81. The van der Waals surface area contributed by atoms with E-state index < -0.39 is 0 Å². The van der Waals surface area contributed by atoms with Gasteiger partial charge in [0, 0.05) is 6.42 Å². The molecule has 3 aliphatic heterocycles. The Morgan fingerprint density at radius 2 is 1.71 bits per heavy atom. The molecule has 3 fully saturated rings. The van der Waals surface area contributed by atoms with Gasteiger partial charge in [-0.25, -0.2) is 0 Å². The minimum atomic E-state index is -0.201. The van der Waals surface area contributed by atoms with E-state index in [4.69, 9.17) is 23.7 Å². The Morgan fingerprint density at radius 1 is 0.958 bits per heavy atom. The van der Waals surface area contributed by atoms with Gasteiger partial charge in [-0.1, -0.05) is 27.7 Å². The first-order valence-electron chi connectivity index (χ1n) is 9.64. The molecule has 0 aromatic rings. The zero-order chi connectivity index (χ0) is 17.4. The average Bonchev–Trinajstić information content (AvgIpc) is 2.56. The van der Waals surface area contributed by atoms with Gasteiger partial charge in [0.1, 0.15) is 6.10 Å². The van der Waals surface area contributed by atoms with Crippen LogP contribution in [0.1, 0.15) is 54.4 Å². The van der Waals surface area contributed by atoms with Crippen molar-refractivity contribution in [1.29, 1.82) is 0 Å². The van der Waals surface area contributed by atoms with Crippen LogP contribution in [-0.2, 0) is 23.7 Å². The normalized spacial score (nSPS) is 52.8. The fourth-order valence-corrected chi connectivity index (χ4v) is 4.32. The maximum Gasteiger partial charge on any atom is 0.159 e. The fourth-order valence-electron chi connectivity index (χ4n) is 4.32. The molecule has 0 aromatic carbocycles. The zero-order valence-electron chi connectivity index (χ0n) is 15.9. The Hall–Kier alpha value is -0.200. The van der Waals surface area contributed by atoms with Gasteiger partial charge in [-0.2, -0.15) is 0 Å². The summed E-state index contributed by atoms with van der Waals surface area (Å²) in [5, 5.41) is 0. The van der Waals surface area contributed by atoms with E-state index in [0.717, 1.165) is 12.8 Å². The van der Waals surface area contributed by atoms with Gasteiger partial charge in [0.05, 0.1) is 31.0 Å². The first-order chi connectivity index (χ1) is 11.4. The molecule has 0 aromatic heterocycles. The Morgan fingerprint density at radius 3 is 2.42 bits per heavy atom. The van der Waals surface area contributed by atoms with Crippen molar-refractivity contribution in [3.8, 4) is 0 Å². The van der Waals surface area contributed by atoms with Crippen molar-refractivity contribution < 1.29 is 23.7 Å². The van der Waals surface area contributed by atoms with Crippen molar-refractivity contribution in [2.24, 2.45) is 17.8 Å². The SMILES string of the molecule is CCC1O[C@@H](C)[C@H](C)C(C)[C@H]1O[C@H]1C[C@@H](C)[C@H]2OC(C)OCC2O1. The third kappa shape index (κ3) is 3.65. The quantitative estimate of drug-likeness (QED) is 0.787. The predicted molar refractivity (Wildman–Crippen MR) is 90.6 cm³/mol. The first-order valence-corrected chi connectivity index (χ1v) is 9.64. The average molecular weight is 342 g/mol. The third-order valence-electron chi connectivity index (χ3n) is 6.22. The largest absolute Gasteiger partial charge is 0.372 e. The Kier molecular flexibility index (Phi) is 5.87. The molecular formula is C19H34O5. The molecule has 10 atom stereocenters. The molecule has 5 nitrogen and oxygen atoms in total. The van der Waals surface area contributed by atoms with E-state index >= 15 is 0 Å². The van der Waals surface area contributed by atoms with E-state index in [0.29, 0.717) is 24.4 Å². The van der Waals surface area contributed by atoms with Gasteiger partial charge >= 0.3 is 0 Å². The molecule has 0 N–H and O–H groups in total. The summed E-state index contributed by atoms with van der Waals surface area (Å²) < 4.78 is 30.3. The van der Waals surface area contributed by atoms with Crippen LogP contribution in [0.2, 0.25) is 0 Å². The second kappa shape index (κ2) is 7.58. The number of rotatable bonds is 3. The number of hydrogen-bond donors (Lipinski definition) is 0. The van der Waals surface area contributed by atoms with Gasteiger partial charge in [0.2, 0.25) is 0 Å². The molecular weight excluding hydrogens is 308 g/mol. The monoisotopic (exact) mass is 342 g/mol. The van der Waals surface area contributed by atoms with Crippen molar-refractivity contribution in [2.45, 2.75) is 97.5 Å². The van der Waals surface area contributed by atoms with E-state index in [9.17, 15) is 0 Å². The summed E-state index contributed by atoms with van der Waals surface area (Å²) in [6.07, 6.45) is 2.05. The zero-order valence-corrected chi connectivity index (χ0v) is 15.9. The van der Waals surface area contributed by atoms with Gasteiger partial charge in [0.25, 0.3) is 0 Å². The van der Waals surface area contributed by atoms with Crippen molar-refractivity contribution in [3.05, 3.63) is 0 Å². The lowest BCUT2D eigenvalue weighted by molar-refractivity contribution is -0.338. The molecule has 3 saturated heterocycles. The number of hydrogen-bond acceptors (Lipinski definition) is 5. The Bertz CT molecular complexity index is 415. The molecule has 140 valence electrons. The summed E-state index contributed by atoms with van der Waals surface area (Å²) in [6.45, 7) is 13.6. The highest BCUT2D eigenvalue weighted by Gasteiger charge is 2.45. The lowest BCUT2D eigenvalue weighted by Gasteiger charge is -2.48. The summed E-state index contributed by atoms with van der Waals surface area (Å²) >= 11 is 0. The minimum absolute atomic E-state index is 0.0359. The van der Waals surface area contributed by atoms with Crippen LogP contribution in [0, 0.1) is 17.8 Å². The van der Waals surface area contributed by atoms with Crippen LogP contribution in [-0.4, -0.2) is 49.7 Å². The fraction of sp³-hybridized carbons (Fsp3) is 1.00. The molecule has 3 heterocycles. The molecule has 24 heavy (non-hydrogen) atoms. The Balaban J connectivity index is 1.64. The summed E-state index contributed by atoms with van der Waals surface area (Å²) in [7, 11) is 0. The van der Waals surface area contributed by atoms with Crippen LogP contribution in [0.5, 0.6) is 0 Å².